The number of nitrogens with one attached hydrogen (secondary N) is 1. The first-order valence-electron chi connectivity index (χ1n) is 10.2. The number of benzene rings is 2. The molecule has 10 heteroatoms. The van der Waals surface area contributed by atoms with Crippen LogP contribution in [-0.2, 0) is 19.9 Å². The van der Waals surface area contributed by atoms with Gasteiger partial charge in [-0.3, -0.25) is 4.79 Å². The minimum Gasteiger partial charge on any atom is -0.492 e. The summed E-state index contributed by atoms with van der Waals surface area (Å²) in [6.45, 7) is 4.58. The molecule has 2 aromatic rings. The molecule has 1 saturated heterocycles. The number of amides is 1. The van der Waals surface area contributed by atoms with E-state index in [9.17, 15) is 21.6 Å². The molecule has 1 N–H and O–H groups in total. The number of sulfonamides is 1. The van der Waals surface area contributed by atoms with E-state index in [-0.39, 0.29) is 34.3 Å². The van der Waals surface area contributed by atoms with Crippen LogP contribution in [0.25, 0.3) is 0 Å². The molecule has 0 aliphatic carbocycles. The second-order valence-corrected chi connectivity index (χ2v) is 12.1. The smallest absolute Gasteiger partial charge is 0.253 e. The van der Waals surface area contributed by atoms with Crippen molar-refractivity contribution in [3.8, 4) is 5.75 Å². The first-order chi connectivity index (χ1) is 14.9. The molecular weight excluding hydrogens is 452 g/mol. The lowest BCUT2D eigenvalue weighted by Gasteiger charge is -2.18. The molecule has 1 heterocycles. The summed E-state index contributed by atoms with van der Waals surface area (Å²) in [5.74, 6) is 0.146. The molecule has 1 fully saturated rings. The van der Waals surface area contributed by atoms with E-state index in [2.05, 4.69) is 4.72 Å². The highest BCUT2D eigenvalue weighted by Crippen LogP contribution is 2.18. The summed E-state index contributed by atoms with van der Waals surface area (Å²) < 4.78 is 56.7. The van der Waals surface area contributed by atoms with Gasteiger partial charge in [-0.05, 0) is 61.7 Å². The quantitative estimate of drug-likeness (QED) is 0.618. The Morgan fingerprint density at radius 2 is 1.84 bits per heavy atom. The molecule has 0 aromatic heterocycles. The average Bonchev–Trinajstić information content (AvgIpc) is 3.04. The highest BCUT2D eigenvalue weighted by atomic mass is 32.2. The Morgan fingerprint density at radius 3 is 2.47 bits per heavy atom. The molecule has 1 aliphatic heterocycles. The Bertz CT molecular complexity index is 1190. The SMILES string of the molecule is Cc1cc(C)cc(OCCN(C)C(=O)c2cccc(S(=O)(=O)N[C@@H]3CCS(=O)(=O)C3)c2)c1. The Hall–Kier alpha value is -2.43. The minimum absolute atomic E-state index is 0.0340. The lowest BCUT2D eigenvalue weighted by molar-refractivity contribution is 0.0773. The van der Waals surface area contributed by atoms with E-state index in [4.69, 9.17) is 4.74 Å². The van der Waals surface area contributed by atoms with Gasteiger partial charge in [0.05, 0.1) is 22.9 Å². The van der Waals surface area contributed by atoms with Crippen LogP contribution in [0.1, 0.15) is 27.9 Å². The van der Waals surface area contributed by atoms with Crippen LogP contribution in [0, 0.1) is 13.8 Å². The summed E-state index contributed by atoms with van der Waals surface area (Å²) in [7, 11) is -5.54. The molecule has 174 valence electrons. The number of carbonyl (C=O) groups is 1. The number of sulfone groups is 1. The third-order valence-electron chi connectivity index (χ3n) is 5.18. The number of likely N-dealkylation sites (N-methyl/N-ethyl adjacent to an activating group) is 1. The van der Waals surface area contributed by atoms with Crippen LogP contribution in [0.15, 0.2) is 47.4 Å². The molecule has 0 radical (unpaired) electrons. The van der Waals surface area contributed by atoms with Gasteiger partial charge in [0, 0.05) is 18.7 Å². The van der Waals surface area contributed by atoms with Gasteiger partial charge in [0.1, 0.15) is 12.4 Å². The van der Waals surface area contributed by atoms with Crippen molar-refractivity contribution in [2.45, 2.75) is 31.2 Å². The number of carbonyl (C=O) groups excluding carboxylic acids is 1. The second kappa shape index (κ2) is 9.60. The normalized spacial score (nSPS) is 17.8. The molecule has 8 nitrogen and oxygen atoms in total. The van der Waals surface area contributed by atoms with Crippen LogP contribution in [0.5, 0.6) is 5.75 Å². The van der Waals surface area contributed by atoms with Gasteiger partial charge < -0.3 is 9.64 Å². The molecule has 3 rings (SSSR count). The van der Waals surface area contributed by atoms with E-state index in [1.165, 1.54) is 23.1 Å². The molecule has 1 amide bonds. The molecule has 1 aliphatic rings. The maximum atomic E-state index is 12.8. The first-order valence-corrected chi connectivity index (χ1v) is 13.5. The lowest BCUT2D eigenvalue weighted by atomic mass is 10.1. The van der Waals surface area contributed by atoms with E-state index in [0.717, 1.165) is 16.9 Å². The van der Waals surface area contributed by atoms with Crippen molar-refractivity contribution >= 4 is 25.8 Å². The van der Waals surface area contributed by atoms with E-state index >= 15 is 0 Å². The van der Waals surface area contributed by atoms with Crippen molar-refractivity contribution in [2.75, 3.05) is 31.7 Å². The van der Waals surface area contributed by atoms with Crippen LogP contribution < -0.4 is 9.46 Å². The van der Waals surface area contributed by atoms with Crippen molar-refractivity contribution in [3.05, 3.63) is 59.2 Å². The predicted octanol–water partition coefficient (Wildman–Crippen LogP) is 1.92. The van der Waals surface area contributed by atoms with E-state index in [1.807, 2.05) is 32.0 Å². The zero-order valence-corrected chi connectivity index (χ0v) is 20.0. The van der Waals surface area contributed by atoms with Gasteiger partial charge in [0.25, 0.3) is 5.91 Å². The van der Waals surface area contributed by atoms with Gasteiger partial charge in [-0.25, -0.2) is 21.6 Å². The standard InChI is InChI=1S/C22H28N2O6S2/c1-16-11-17(2)13-20(12-16)30-9-8-24(3)22(25)18-5-4-6-21(14-18)32(28,29)23-19-7-10-31(26,27)15-19/h4-6,11-14,19,23H,7-10,15H2,1-3H3/t19-/m1/s1. The third-order valence-corrected chi connectivity index (χ3v) is 8.47. The first kappa shape index (κ1) is 24.2. The molecule has 2 aromatic carbocycles. The number of hydrogen-bond acceptors (Lipinski definition) is 6. The van der Waals surface area contributed by atoms with E-state index < -0.39 is 25.9 Å². The summed E-state index contributed by atoms with van der Waals surface area (Å²) in [5.41, 5.74) is 2.40. The highest BCUT2D eigenvalue weighted by molar-refractivity contribution is 7.92. The second-order valence-electron chi connectivity index (χ2n) is 8.15. The Morgan fingerprint density at radius 1 is 1.16 bits per heavy atom. The summed E-state index contributed by atoms with van der Waals surface area (Å²) >= 11 is 0. The summed E-state index contributed by atoms with van der Waals surface area (Å²) in [6, 6.07) is 11.0. The lowest BCUT2D eigenvalue weighted by Crippen LogP contribution is -2.36. The van der Waals surface area contributed by atoms with Crippen LogP contribution in [0.2, 0.25) is 0 Å². The molecule has 0 spiro atoms. The monoisotopic (exact) mass is 480 g/mol. The van der Waals surface area contributed by atoms with Gasteiger partial charge in [-0.1, -0.05) is 12.1 Å². The van der Waals surface area contributed by atoms with Gasteiger partial charge >= 0.3 is 0 Å². The van der Waals surface area contributed by atoms with Crippen molar-refractivity contribution in [1.82, 2.24) is 9.62 Å². The zero-order chi connectivity index (χ0) is 23.5. The average molecular weight is 481 g/mol. The molecule has 1 atom stereocenters. The van der Waals surface area contributed by atoms with Crippen LogP contribution in [0.3, 0.4) is 0 Å². The summed E-state index contributed by atoms with van der Waals surface area (Å²) in [5, 5.41) is 0. The summed E-state index contributed by atoms with van der Waals surface area (Å²) in [4.78, 5) is 14.2. The Kier molecular flexibility index (Phi) is 7.26. The fraction of sp³-hybridized carbons (Fsp3) is 0.409. The number of aryl methyl sites for hydroxylation is 2. The van der Waals surface area contributed by atoms with Crippen molar-refractivity contribution in [2.24, 2.45) is 0 Å². The number of nitrogens with zero attached hydrogens (tertiary/aromatic N) is 1. The summed E-state index contributed by atoms with van der Waals surface area (Å²) in [6.07, 6.45) is 0.239. The van der Waals surface area contributed by atoms with Gasteiger partial charge in [-0.2, -0.15) is 0 Å². The van der Waals surface area contributed by atoms with Crippen LogP contribution in [-0.4, -0.2) is 65.4 Å². The fourth-order valence-electron chi connectivity index (χ4n) is 3.61. The zero-order valence-electron chi connectivity index (χ0n) is 18.4. The van der Waals surface area contributed by atoms with Gasteiger partial charge in [0.15, 0.2) is 9.84 Å². The maximum Gasteiger partial charge on any atom is 0.253 e. The number of ether oxygens (including phenoxy) is 1. The Balaban J connectivity index is 1.62. The Labute approximate surface area is 189 Å². The van der Waals surface area contributed by atoms with E-state index in [1.54, 1.807) is 13.1 Å². The van der Waals surface area contributed by atoms with Crippen molar-refractivity contribution < 1.29 is 26.4 Å². The number of hydrogen-bond donors (Lipinski definition) is 1. The molecule has 0 bridgehead atoms. The molecule has 32 heavy (non-hydrogen) atoms. The van der Waals surface area contributed by atoms with E-state index in [0.29, 0.717) is 13.2 Å². The van der Waals surface area contributed by atoms with Gasteiger partial charge in [0.2, 0.25) is 10.0 Å². The molecule has 0 saturated carbocycles. The maximum absolute atomic E-state index is 12.8. The number of rotatable bonds is 8. The molecule has 0 unspecified atom stereocenters. The minimum atomic E-state index is -3.95. The third kappa shape index (κ3) is 6.30. The topological polar surface area (TPSA) is 110 Å². The van der Waals surface area contributed by atoms with Crippen molar-refractivity contribution in [3.63, 3.8) is 0 Å². The van der Waals surface area contributed by atoms with Crippen molar-refractivity contribution in [1.29, 1.82) is 0 Å². The predicted molar refractivity (Wildman–Crippen MR) is 122 cm³/mol. The molecular formula is C22H28N2O6S2. The highest BCUT2D eigenvalue weighted by Gasteiger charge is 2.31. The largest absolute Gasteiger partial charge is 0.492 e. The van der Waals surface area contributed by atoms with Crippen LogP contribution >= 0.6 is 0 Å². The van der Waals surface area contributed by atoms with Gasteiger partial charge in [-0.15, -0.1) is 0 Å². The van der Waals surface area contributed by atoms with Crippen LogP contribution in [0.4, 0.5) is 0 Å². The fourth-order valence-corrected chi connectivity index (χ4v) is 6.71.